The Hall–Kier alpha value is -3.16. The summed E-state index contributed by atoms with van der Waals surface area (Å²) >= 11 is 1.47. The lowest BCUT2D eigenvalue weighted by molar-refractivity contribution is 0.207. The van der Waals surface area contributed by atoms with Crippen molar-refractivity contribution in [3.05, 3.63) is 70.5 Å². The van der Waals surface area contributed by atoms with Gasteiger partial charge in [0, 0.05) is 18.1 Å². The van der Waals surface area contributed by atoms with E-state index in [1.165, 1.54) is 11.3 Å². The number of methoxy groups -OCH3 is 1. The van der Waals surface area contributed by atoms with Crippen LogP contribution in [0.3, 0.4) is 0 Å². The Bertz CT molecular complexity index is 1170. The molecule has 0 unspecified atom stereocenters. The molecule has 0 saturated carbocycles. The van der Waals surface area contributed by atoms with Crippen molar-refractivity contribution in [1.82, 2.24) is 4.68 Å². The number of hydrogen-bond donors (Lipinski definition) is 1. The highest BCUT2D eigenvalue weighted by atomic mass is 32.1. The zero-order valence-electron chi connectivity index (χ0n) is 15.3. The van der Waals surface area contributed by atoms with E-state index in [0.29, 0.717) is 24.5 Å². The molecule has 4 rings (SSSR count). The molecule has 0 bridgehead atoms. The Morgan fingerprint density at radius 3 is 2.89 bits per heavy atom. The number of phenolic OH excluding ortho intramolecular Hbond substituents is 1. The van der Waals surface area contributed by atoms with E-state index in [-0.39, 0.29) is 5.75 Å². The van der Waals surface area contributed by atoms with Crippen LogP contribution < -0.4 is 4.80 Å². The molecule has 0 spiro atoms. The standard InChI is InChI=1S/C21H19N3O3S/c1-26-12-10-22-21-24(18(14-28-21)20-7-4-11-27-20)23-13-17-16-6-3-2-5-15(16)8-9-19(17)25/h2-9,11,13-14,25H,10,12H2,1H3. The number of nitrogens with zero attached hydrogens (tertiary/aromatic N) is 3. The second kappa shape index (κ2) is 8.24. The van der Waals surface area contributed by atoms with Gasteiger partial charge in [-0.2, -0.15) is 5.10 Å². The third kappa shape index (κ3) is 3.62. The average Bonchev–Trinajstić information content (AvgIpc) is 3.37. The largest absolute Gasteiger partial charge is 0.507 e. The van der Waals surface area contributed by atoms with Crippen LogP contribution in [0.5, 0.6) is 5.75 Å². The van der Waals surface area contributed by atoms with E-state index in [0.717, 1.165) is 21.3 Å². The molecule has 0 fully saturated rings. The molecule has 142 valence electrons. The van der Waals surface area contributed by atoms with Gasteiger partial charge in [-0.25, -0.2) is 4.68 Å². The number of fused-ring (bicyclic) bond motifs is 1. The highest BCUT2D eigenvalue weighted by Gasteiger charge is 2.10. The van der Waals surface area contributed by atoms with E-state index in [2.05, 4.69) is 10.1 Å². The number of aromatic hydroxyl groups is 1. The maximum atomic E-state index is 10.4. The summed E-state index contributed by atoms with van der Waals surface area (Å²) in [7, 11) is 1.65. The van der Waals surface area contributed by atoms with Crippen LogP contribution in [0.4, 0.5) is 0 Å². The molecule has 2 aromatic carbocycles. The molecule has 6 nitrogen and oxygen atoms in total. The molecule has 28 heavy (non-hydrogen) atoms. The zero-order valence-corrected chi connectivity index (χ0v) is 16.1. The first-order valence-electron chi connectivity index (χ1n) is 8.77. The van der Waals surface area contributed by atoms with Crippen LogP contribution in [-0.2, 0) is 4.74 Å². The van der Waals surface area contributed by atoms with Gasteiger partial charge in [-0.05, 0) is 29.0 Å². The maximum absolute atomic E-state index is 10.4. The van der Waals surface area contributed by atoms with E-state index < -0.39 is 0 Å². The molecule has 0 aliphatic carbocycles. The maximum Gasteiger partial charge on any atom is 0.206 e. The van der Waals surface area contributed by atoms with Crippen molar-refractivity contribution in [3.63, 3.8) is 0 Å². The van der Waals surface area contributed by atoms with Crippen molar-refractivity contribution in [2.24, 2.45) is 10.1 Å². The number of hydrogen-bond acceptors (Lipinski definition) is 6. The summed E-state index contributed by atoms with van der Waals surface area (Å²) in [5, 5.41) is 18.9. The van der Waals surface area contributed by atoms with Crippen LogP contribution in [-0.4, -0.2) is 36.3 Å². The van der Waals surface area contributed by atoms with Crippen molar-refractivity contribution in [2.75, 3.05) is 20.3 Å². The molecule has 0 saturated heterocycles. The molecule has 0 atom stereocenters. The average molecular weight is 393 g/mol. The van der Waals surface area contributed by atoms with Crippen LogP contribution in [0.25, 0.3) is 22.2 Å². The first kappa shape index (κ1) is 18.2. The summed E-state index contributed by atoms with van der Waals surface area (Å²) in [5.41, 5.74) is 1.45. The molecule has 7 heteroatoms. The predicted octanol–water partition coefficient (Wildman–Crippen LogP) is 4.10. The number of furan rings is 1. The van der Waals surface area contributed by atoms with Crippen LogP contribution in [0.15, 0.2) is 74.7 Å². The Morgan fingerprint density at radius 1 is 1.18 bits per heavy atom. The molecule has 1 N–H and O–H groups in total. The predicted molar refractivity (Wildman–Crippen MR) is 111 cm³/mol. The minimum Gasteiger partial charge on any atom is -0.507 e. The Morgan fingerprint density at radius 2 is 2.07 bits per heavy atom. The van der Waals surface area contributed by atoms with Gasteiger partial charge in [-0.3, -0.25) is 4.99 Å². The van der Waals surface area contributed by atoms with Gasteiger partial charge in [0.2, 0.25) is 4.80 Å². The van der Waals surface area contributed by atoms with E-state index in [1.54, 1.807) is 30.3 Å². The molecule has 0 aliphatic rings. The van der Waals surface area contributed by atoms with E-state index in [4.69, 9.17) is 9.15 Å². The van der Waals surface area contributed by atoms with Gasteiger partial charge in [0.05, 0.1) is 25.6 Å². The Balaban J connectivity index is 1.82. The van der Waals surface area contributed by atoms with Crippen LogP contribution in [0.1, 0.15) is 5.56 Å². The third-order valence-corrected chi connectivity index (χ3v) is 5.11. The molecule has 0 aliphatic heterocycles. The number of benzene rings is 2. The number of phenols is 1. The molecule has 0 radical (unpaired) electrons. The van der Waals surface area contributed by atoms with E-state index in [1.807, 2.05) is 47.8 Å². The fraction of sp³-hybridized carbons (Fsp3) is 0.143. The Labute approximate surface area is 165 Å². The summed E-state index contributed by atoms with van der Waals surface area (Å²) in [5.74, 6) is 0.874. The van der Waals surface area contributed by atoms with E-state index in [9.17, 15) is 5.11 Å². The molecule has 4 aromatic rings. The molecule has 2 heterocycles. The first-order chi connectivity index (χ1) is 13.8. The SMILES string of the molecule is COCCN=c1scc(-c2ccco2)n1N=Cc1c(O)ccc2ccccc12. The fourth-order valence-corrected chi connectivity index (χ4v) is 3.73. The van der Waals surface area contributed by atoms with Gasteiger partial charge in [0.15, 0.2) is 5.76 Å². The second-order valence-electron chi connectivity index (χ2n) is 6.03. The summed E-state index contributed by atoms with van der Waals surface area (Å²) < 4.78 is 12.4. The van der Waals surface area contributed by atoms with Gasteiger partial charge in [0.25, 0.3) is 0 Å². The lowest BCUT2D eigenvalue weighted by Gasteiger charge is -2.05. The smallest absolute Gasteiger partial charge is 0.206 e. The zero-order chi connectivity index (χ0) is 19.3. The lowest BCUT2D eigenvalue weighted by atomic mass is 10.0. The fourth-order valence-electron chi connectivity index (χ4n) is 2.88. The van der Waals surface area contributed by atoms with Gasteiger partial charge in [-0.1, -0.05) is 30.3 Å². The third-order valence-electron chi connectivity index (χ3n) is 4.25. The van der Waals surface area contributed by atoms with Gasteiger partial charge < -0.3 is 14.3 Å². The number of thiazole rings is 1. The van der Waals surface area contributed by atoms with Crippen LogP contribution in [0, 0.1) is 0 Å². The van der Waals surface area contributed by atoms with Gasteiger partial charge >= 0.3 is 0 Å². The van der Waals surface area contributed by atoms with Crippen LogP contribution >= 0.6 is 11.3 Å². The normalized spacial score (nSPS) is 12.4. The lowest BCUT2D eigenvalue weighted by Crippen LogP contribution is -2.13. The summed E-state index contributed by atoms with van der Waals surface area (Å²) in [4.78, 5) is 5.28. The topological polar surface area (TPSA) is 72.2 Å². The highest BCUT2D eigenvalue weighted by molar-refractivity contribution is 7.07. The number of ether oxygens (including phenoxy) is 1. The minimum atomic E-state index is 0.177. The monoisotopic (exact) mass is 393 g/mol. The first-order valence-corrected chi connectivity index (χ1v) is 9.65. The summed E-state index contributed by atoms with van der Waals surface area (Å²) in [6.45, 7) is 1.06. The van der Waals surface area contributed by atoms with E-state index >= 15 is 0 Å². The number of rotatable bonds is 6. The van der Waals surface area contributed by atoms with Crippen molar-refractivity contribution >= 4 is 28.3 Å². The second-order valence-corrected chi connectivity index (χ2v) is 6.87. The molecule has 0 amide bonds. The van der Waals surface area contributed by atoms with Gasteiger partial charge in [0.1, 0.15) is 11.4 Å². The Kier molecular flexibility index (Phi) is 5.36. The summed E-state index contributed by atoms with van der Waals surface area (Å²) in [6.07, 6.45) is 3.28. The van der Waals surface area contributed by atoms with Crippen molar-refractivity contribution in [2.45, 2.75) is 0 Å². The summed E-state index contributed by atoms with van der Waals surface area (Å²) in [6, 6.07) is 15.2. The minimum absolute atomic E-state index is 0.177. The quantitative estimate of drug-likeness (QED) is 0.396. The molecular weight excluding hydrogens is 374 g/mol. The van der Waals surface area contributed by atoms with Crippen LogP contribution in [0.2, 0.25) is 0 Å². The highest BCUT2D eigenvalue weighted by Crippen LogP contribution is 2.26. The van der Waals surface area contributed by atoms with Gasteiger partial charge in [-0.15, -0.1) is 11.3 Å². The number of aromatic nitrogens is 1. The van der Waals surface area contributed by atoms with Crippen molar-refractivity contribution in [3.8, 4) is 17.2 Å². The van der Waals surface area contributed by atoms with Crippen molar-refractivity contribution in [1.29, 1.82) is 0 Å². The van der Waals surface area contributed by atoms with Crippen molar-refractivity contribution < 1.29 is 14.3 Å². The molecule has 2 aromatic heterocycles. The molecular formula is C21H19N3O3S.